The van der Waals surface area contributed by atoms with E-state index in [-0.39, 0.29) is 17.7 Å². The van der Waals surface area contributed by atoms with E-state index in [2.05, 4.69) is 16.9 Å². The van der Waals surface area contributed by atoms with Gasteiger partial charge in [0.1, 0.15) is 5.69 Å². The lowest BCUT2D eigenvalue weighted by molar-refractivity contribution is -0.138. The fourth-order valence-corrected chi connectivity index (χ4v) is 2.19. The molecular weight excluding hydrogens is 256 g/mol. The van der Waals surface area contributed by atoms with E-state index in [0.29, 0.717) is 18.8 Å². The molecule has 6 heteroatoms. The topological polar surface area (TPSA) is 66.4 Å². The number of carbonyl (C=O) groups is 2. The second-order valence-electron chi connectivity index (χ2n) is 5.11. The molecule has 0 aromatic carbocycles. The molecule has 0 spiro atoms. The Hall–Kier alpha value is -1.98. The lowest BCUT2D eigenvalue weighted by Gasteiger charge is -2.39. The van der Waals surface area contributed by atoms with Crippen molar-refractivity contribution in [1.29, 1.82) is 0 Å². The van der Waals surface area contributed by atoms with Crippen molar-refractivity contribution < 1.29 is 9.59 Å². The molecule has 1 saturated heterocycles. The van der Waals surface area contributed by atoms with E-state index in [1.807, 2.05) is 7.05 Å². The van der Waals surface area contributed by atoms with Crippen LogP contribution >= 0.6 is 0 Å². The molecule has 2 rings (SSSR count). The highest BCUT2D eigenvalue weighted by Gasteiger charge is 2.37. The van der Waals surface area contributed by atoms with E-state index >= 15 is 0 Å². The molecule has 1 aromatic rings. The normalized spacial score (nSPS) is 14.8. The van der Waals surface area contributed by atoms with Crippen molar-refractivity contribution in [3.63, 3.8) is 0 Å². The number of likely N-dealkylation sites (tertiary alicyclic amines) is 1. The molecule has 1 aliphatic rings. The summed E-state index contributed by atoms with van der Waals surface area (Å²) in [5, 5.41) is 0. The average Bonchev–Trinajstić information content (AvgIpc) is 2.43. The summed E-state index contributed by atoms with van der Waals surface area (Å²) in [6.45, 7) is 3.84. The van der Waals surface area contributed by atoms with Crippen molar-refractivity contribution in [3.05, 3.63) is 24.3 Å². The molecule has 1 aliphatic heterocycles. The second-order valence-corrected chi connectivity index (χ2v) is 5.11. The number of rotatable bonds is 5. The minimum absolute atomic E-state index is 0.0718. The minimum atomic E-state index is -0.154. The molecule has 0 bridgehead atoms. The van der Waals surface area contributed by atoms with Crippen molar-refractivity contribution in [2.45, 2.75) is 19.8 Å². The van der Waals surface area contributed by atoms with Crippen LogP contribution < -0.4 is 0 Å². The molecule has 20 heavy (non-hydrogen) atoms. The van der Waals surface area contributed by atoms with Crippen LogP contribution in [0.4, 0.5) is 0 Å². The molecule has 1 fully saturated rings. The fraction of sp³-hybridized carbons (Fsp3) is 0.571. The van der Waals surface area contributed by atoms with Gasteiger partial charge in [-0.05, 0) is 6.42 Å². The Morgan fingerprint density at radius 3 is 2.75 bits per heavy atom. The van der Waals surface area contributed by atoms with Gasteiger partial charge in [0.15, 0.2) is 0 Å². The molecule has 0 saturated carbocycles. The summed E-state index contributed by atoms with van der Waals surface area (Å²) >= 11 is 0. The molecule has 0 atom stereocenters. The summed E-state index contributed by atoms with van der Waals surface area (Å²) in [5.41, 5.74) is 0.331. The third-order valence-corrected chi connectivity index (χ3v) is 3.52. The number of nitrogens with zero attached hydrogens (tertiary/aromatic N) is 4. The third kappa shape index (κ3) is 3.12. The monoisotopic (exact) mass is 276 g/mol. The molecule has 0 N–H and O–H groups in total. The predicted molar refractivity (Wildman–Crippen MR) is 74.0 cm³/mol. The highest BCUT2D eigenvalue weighted by atomic mass is 16.2. The van der Waals surface area contributed by atoms with Crippen LogP contribution in [0.15, 0.2) is 18.6 Å². The van der Waals surface area contributed by atoms with E-state index in [0.717, 1.165) is 19.4 Å². The maximum absolute atomic E-state index is 12.1. The molecule has 2 heterocycles. The quantitative estimate of drug-likeness (QED) is 0.798. The molecule has 0 radical (unpaired) electrons. The van der Waals surface area contributed by atoms with E-state index in [9.17, 15) is 9.59 Å². The summed E-state index contributed by atoms with van der Waals surface area (Å²) in [7, 11) is 1.82. The third-order valence-electron chi connectivity index (χ3n) is 3.52. The van der Waals surface area contributed by atoms with Crippen LogP contribution in [0.5, 0.6) is 0 Å². The first-order valence-corrected chi connectivity index (χ1v) is 6.93. The van der Waals surface area contributed by atoms with E-state index in [1.54, 1.807) is 9.80 Å². The molecule has 6 nitrogen and oxygen atoms in total. The zero-order valence-corrected chi connectivity index (χ0v) is 12.0. The number of aromatic nitrogens is 2. The standard InChI is InChI=1S/C14H20N4O2/c1-3-4-7-17(2)13(19)11-9-18(10-11)14(20)12-8-15-5-6-16-12/h5-6,8,11H,3-4,7,9-10H2,1-2H3. The smallest absolute Gasteiger partial charge is 0.274 e. The van der Waals surface area contributed by atoms with Crippen molar-refractivity contribution in [2.75, 3.05) is 26.7 Å². The van der Waals surface area contributed by atoms with E-state index in [4.69, 9.17) is 0 Å². The Balaban J connectivity index is 1.82. The second kappa shape index (κ2) is 6.45. The maximum atomic E-state index is 12.1. The van der Waals surface area contributed by atoms with Gasteiger partial charge in [-0.3, -0.25) is 14.6 Å². The minimum Gasteiger partial charge on any atom is -0.345 e. The summed E-state index contributed by atoms with van der Waals surface area (Å²) in [6.07, 6.45) is 6.55. The number of amides is 2. The van der Waals surface area contributed by atoms with Crippen LogP contribution in [0.2, 0.25) is 0 Å². The molecule has 1 aromatic heterocycles. The Kier molecular flexibility index (Phi) is 4.65. The van der Waals surface area contributed by atoms with E-state index in [1.165, 1.54) is 18.6 Å². The first-order chi connectivity index (χ1) is 9.63. The summed E-state index contributed by atoms with van der Waals surface area (Å²) < 4.78 is 0. The molecule has 0 unspecified atom stereocenters. The molecule has 0 aliphatic carbocycles. The van der Waals surface area contributed by atoms with Gasteiger partial charge in [-0.25, -0.2) is 4.98 Å². The van der Waals surface area contributed by atoms with Crippen LogP contribution in [0.1, 0.15) is 30.3 Å². The van der Waals surface area contributed by atoms with Crippen LogP contribution in [0, 0.1) is 5.92 Å². The van der Waals surface area contributed by atoms with Gasteiger partial charge >= 0.3 is 0 Å². The zero-order valence-electron chi connectivity index (χ0n) is 12.0. The van der Waals surface area contributed by atoms with Gasteiger partial charge < -0.3 is 9.80 Å². The fourth-order valence-electron chi connectivity index (χ4n) is 2.19. The maximum Gasteiger partial charge on any atom is 0.274 e. The summed E-state index contributed by atoms with van der Waals surface area (Å²) in [6, 6.07) is 0. The van der Waals surface area contributed by atoms with Gasteiger partial charge in [0.05, 0.1) is 12.1 Å². The van der Waals surface area contributed by atoms with Gasteiger partial charge in [0.25, 0.3) is 5.91 Å². The van der Waals surface area contributed by atoms with Crippen molar-refractivity contribution in [1.82, 2.24) is 19.8 Å². The number of carbonyl (C=O) groups excluding carboxylic acids is 2. The first-order valence-electron chi connectivity index (χ1n) is 6.93. The number of unbranched alkanes of at least 4 members (excludes halogenated alkanes) is 1. The first kappa shape index (κ1) is 14.4. The van der Waals surface area contributed by atoms with Crippen LogP contribution in [0.3, 0.4) is 0 Å². The van der Waals surface area contributed by atoms with Crippen LogP contribution in [0.25, 0.3) is 0 Å². The van der Waals surface area contributed by atoms with Crippen LogP contribution in [-0.2, 0) is 4.79 Å². The number of hydrogen-bond acceptors (Lipinski definition) is 4. The van der Waals surface area contributed by atoms with Crippen LogP contribution in [-0.4, -0.2) is 58.3 Å². The Bertz CT molecular complexity index is 471. The van der Waals surface area contributed by atoms with Gasteiger partial charge in [-0.2, -0.15) is 0 Å². The largest absolute Gasteiger partial charge is 0.345 e. The van der Waals surface area contributed by atoms with Gasteiger partial charge in [0, 0.05) is 39.1 Å². The van der Waals surface area contributed by atoms with Gasteiger partial charge in [-0.15, -0.1) is 0 Å². The number of hydrogen-bond donors (Lipinski definition) is 0. The summed E-state index contributed by atoms with van der Waals surface area (Å²) in [4.78, 5) is 35.4. The Morgan fingerprint density at radius 1 is 1.40 bits per heavy atom. The van der Waals surface area contributed by atoms with Crippen molar-refractivity contribution in [3.8, 4) is 0 Å². The lowest BCUT2D eigenvalue weighted by atomic mass is 9.98. The van der Waals surface area contributed by atoms with Crippen molar-refractivity contribution in [2.24, 2.45) is 5.92 Å². The Labute approximate surface area is 118 Å². The van der Waals surface area contributed by atoms with E-state index < -0.39 is 0 Å². The lowest BCUT2D eigenvalue weighted by Crippen LogP contribution is -2.56. The summed E-state index contributed by atoms with van der Waals surface area (Å²) in [5.74, 6) is -0.0996. The molecule has 108 valence electrons. The average molecular weight is 276 g/mol. The predicted octanol–water partition coefficient (Wildman–Crippen LogP) is 0.807. The highest BCUT2D eigenvalue weighted by Crippen LogP contribution is 2.19. The highest BCUT2D eigenvalue weighted by molar-refractivity contribution is 5.94. The molecule has 2 amide bonds. The zero-order chi connectivity index (χ0) is 14.5. The Morgan fingerprint density at radius 2 is 2.15 bits per heavy atom. The molecular formula is C14H20N4O2. The SMILES string of the molecule is CCCCN(C)C(=O)C1CN(C(=O)c2cnccn2)C1. The van der Waals surface area contributed by atoms with Gasteiger partial charge in [-0.1, -0.05) is 13.3 Å². The van der Waals surface area contributed by atoms with Gasteiger partial charge in [0.2, 0.25) is 5.91 Å². The van der Waals surface area contributed by atoms with Crippen molar-refractivity contribution >= 4 is 11.8 Å².